The second kappa shape index (κ2) is 3.97. The first-order chi connectivity index (χ1) is 7.62. The molecule has 0 aliphatic rings. The van der Waals surface area contributed by atoms with Crippen LogP contribution in [0.15, 0.2) is 47.6 Å². The molecule has 0 amide bonds. The molecule has 1 N–H and O–H groups in total. The number of nitrogens with one attached hydrogen (secondary N) is 1. The second-order valence-corrected chi connectivity index (χ2v) is 5.17. The number of para-hydroxylation sites is 1. The molecule has 2 rings (SSSR count). The maximum atomic E-state index is 12.0. The van der Waals surface area contributed by atoms with Crippen molar-refractivity contribution in [3.05, 3.63) is 42.6 Å². The third kappa shape index (κ3) is 1.79. The van der Waals surface area contributed by atoms with E-state index in [1.807, 2.05) is 6.07 Å². The smallest absolute Gasteiger partial charge is 0.268 e. The van der Waals surface area contributed by atoms with Crippen LogP contribution in [0.5, 0.6) is 0 Å². The van der Waals surface area contributed by atoms with Crippen LogP contribution >= 0.6 is 0 Å². The van der Waals surface area contributed by atoms with Gasteiger partial charge in [0.1, 0.15) is 0 Å². The van der Waals surface area contributed by atoms with Crippen molar-refractivity contribution in [3.63, 3.8) is 0 Å². The van der Waals surface area contributed by atoms with Crippen LogP contribution in [0.3, 0.4) is 0 Å². The maximum absolute atomic E-state index is 12.0. The number of benzene rings is 1. The molecule has 0 fully saturated rings. The van der Waals surface area contributed by atoms with E-state index in [1.165, 1.54) is 23.6 Å². The Morgan fingerprint density at radius 2 is 1.88 bits per heavy atom. The monoisotopic (exact) mass is 237 g/mol. The summed E-state index contributed by atoms with van der Waals surface area (Å²) < 4.78 is 25.3. The van der Waals surface area contributed by atoms with E-state index >= 15 is 0 Å². The van der Waals surface area contributed by atoms with Gasteiger partial charge in [0, 0.05) is 7.05 Å². The lowest BCUT2D eigenvalue weighted by atomic mass is 10.3. The van der Waals surface area contributed by atoms with Gasteiger partial charge in [0.15, 0.2) is 5.03 Å². The Morgan fingerprint density at radius 3 is 2.44 bits per heavy atom. The summed E-state index contributed by atoms with van der Waals surface area (Å²) in [5.74, 6) is 0. The number of sulfonamides is 1. The molecule has 0 unspecified atom stereocenters. The van der Waals surface area contributed by atoms with Crippen LogP contribution in [0.2, 0.25) is 0 Å². The van der Waals surface area contributed by atoms with E-state index in [0.717, 1.165) is 0 Å². The predicted molar refractivity (Wildman–Crippen MR) is 60.6 cm³/mol. The standard InChI is InChI=1S/C10H11N3O2S/c1-13(9-5-3-2-4-6-9)16(14,15)10-7-8-11-12-10/h2-8H,1H3,(H,11,12). The summed E-state index contributed by atoms with van der Waals surface area (Å²) in [5, 5.41) is 6.16. The fraction of sp³-hybridized carbons (Fsp3) is 0.100. The number of H-pyrrole nitrogens is 1. The molecular weight excluding hydrogens is 226 g/mol. The number of hydrogen-bond acceptors (Lipinski definition) is 3. The Bertz CT molecular complexity index is 549. The lowest BCUT2D eigenvalue weighted by molar-refractivity contribution is 0.590. The summed E-state index contributed by atoms with van der Waals surface area (Å²) >= 11 is 0. The molecule has 2 aromatic rings. The van der Waals surface area contributed by atoms with Crippen molar-refractivity contribution in [2.45, 2.75) is 5.03 Å². The summed E-state index contributed by atoms with van der Waals surface area (Å²) in [5.41, 5.74) is 0.608. The minimum absolute atomic E-state index is 0.0823. The van der Waals surface area contributed by atoms with Crippen molar-refractivity contribution in [3.8, 4) is 0 Å². The van der Waals surface area contributed by atoms with Crippen LogP contribution in [-0.2, 0) is 10.0 Å². The van der Waals surface area contributed by atoms with Crippen molar-refractivity contribution in [1.82, 2.24) is 10.2 Å². The molecule has 0 radical (unpaired) electrons. The summed E-state index contributed by atoms with van der Waals surface area (Å²) in [6.07, 6.45) is 1.41. The lowest BCUT2D eigenvalue weighted by Crippen LogP contribution is -2.26. The zero-order chi connectivity index (χ0) is 11.6. The van der Waals surface area contributed by atoms with Crippen LogP contribution < -0.4 is 4.31 Å². The van der Waals surface area contributed by atoms with Gasteiger partial charge in [-0.15, -0.1) is 0 Å². The molecule has 6 heteroatoms. The molecule has 0 bridgehead atoms. The first-order valence-corrected chi connectivity index (χ1v) is 6.10. The normalized spacial score (nSPS) is 11.3. The summed E-state index contributed by atoms with van der Waals surface area (Å²) in [6, 6.07) is 10.3. The highest BCUT2D eigenvalue weighted by Gasteiger charge is 2.21. The molecule has 1 heterocycles. The predicted octanol–water partition coefficient (Wildman–Crippen LogP) is 1.23. The Labute approximate surface area is 93.8 Å². The van der Waals surface area contributed by atoms with Gasteiger partial charge in [-0.3, -0.25) is 9.40 Å². The zero-order valence-corrected chi connectivity index (χ0v) is 9.48. The minimum atomic E-state index is -3.53. The molecule has 0 saturated heterocycles. The largest absolute Gasteiger partial charge is 0.281 e. The van der Waals surface area contributed by atoms with Crippen LogP contribution in [0.4, 0.5) is 5.69 Å². The molecule has 0 aliphatic heterocycles. The number of hydrogen-bond donors (Lipinski definition) is 1. The quantitative estimate of drug-likeness (QED) is 0.873. The molecule has 16 heavy (non-hydrogen) atoms. The highest BCUT2D eigenvalue weighted by Crippen LogP contribution is 2.19. The molecule has 84 valence electrons. The maximum Gasteiger partial charge on any atom is 0.281 e. The number of nitrogens with zero attached hydrogens (tertiary/aromatic N) is 2. The van der Waals surface area contributed by atoms with Crippen molar-refractivity contribution < 1.29 is 8.42 Å². The van der Waals surface area contributed by atoms with Crippen molar-refractivity contribution >= 4 is 15.7 Å². The summed E-state index contributed by atoms with van der Waals surface area (Å²) in [4.78, 5) is 0. The van der Waals surface area contributed by atoms with Gasteiger partial charge in [-0.2, -0.15) is 13.5 Å². The van der Waals surface area contributed by atoms with Gasteiger partial charge in [-0.05, 0) is 18.2 Å². The van der Waals surface area contributed by atoms with E-state index in [-0.39, 0.29) is 5.03 Å². The molecule has 0 aliphatic carbocycles. The molecule has 1 aromatic heterocycles. The Morgan fingerprint density at radius 1 is 1.19 bits per heavy atom. The van der Waals surface area contributed by atoms with Crippen molar-refractivity contribution in [1.29, 1.82) is 0 Å². The van der Waals surface area contributed by atoms with Gasteiger partial charge in [0.05, 0.1) is 11.9 Å². The molecule has 1 aromatic carbocycles. The Hall–Kier alpha value is -1.82. The van der Waals surface area contributed by atoms with Crippen LogP contribution in [0, 0.1) is 0 Å². The van der Waals surface area contributed by atoms with Gasteiger partial charge in [-0.1, -0.05) is 18.2 Å². The molecular formula is C10H11N3O2S. The third-order valence-electron chi connectivity index (χ3n) is 2.23. The lowest BCUT2D eigenvalue weighted by Gasteiger charge is -2.17. The van der Waals surface area contributed by atoms with E-state index in [9.17, 15) is 8.42 Å². The van der Waals surface area contributed by atoms with Gasteiger partial charge in [0.2, 0.25) is 0 Å². The number of aromatic amines is 1. The molecule has 0 spiro atoms. The Balaban J connectivity index is 2.40. The third-order valence-corrected chi connectivity index (χ3v) is 3.95. The SMILES string of the molecule is CN(c1ccccc1)S(=O)(=O)c1ccn[nH]1. The molecule has 5 nitrogen and oxygen atoms in total. The van der Waals surface area contributed by atoms with E-state index < -0.39 is 10.0 Å². The fourth-order valence-electron chi connectivity index (χ4n) is 1.31. The zero-order valence-electron chi connectivity index (χ0n) is 8.66. The summed E-state index contributed by atoms with van der Waals surface area (Å²) in [6.45, 7) is 0. The number of rotatable bonds is 3. The van der Waals surface area contributed by atoms with Crippen molar-refractivity contribution in [2.75, 3.05) is 11.4 Å². The Kier molecular flexibility index (Phi) is 2.66. The van der Waals surface area contributed by atoms with Gasteiger partial charge >= 0.3 is 0 Å². The topological polar surface area (TPSA) is 66.1 Å². The molecule has 0 atom stereocenters. The molecule has 0 saturated carbocycles. The van der Waals surface area contributed by atoms with E-state index in [2.05, 4.69) is 10.2 Å². The average Bonchev–Trinajstić information content (AvgIpc) is 2.83. The average molecular weight is 237 g/mol. The van der Waals surface area contributed by atoms with E-state index in [1.54, 1.807) is 24.3 Å². The highest BCUT2D eigenvalue weighted by atomic mass is 32.2. The first-order valence-electron chi connectivity index (χ1n) is 4.66. The van der Waals surface area contributed by atoms with E-state index in [0.29, 0.717) is 5.69 Å². The minimum Gasteiger partial charge on any atom is -0.268 e. The first kappa shape index (κ1) is 10.7. The van der Waals surface area contributed by atoms with Gasteiger partial charge in [-0.25, -0.2) is 0 Å². The van der Waals surface area contributed by atoms with E-state index in [4.69, 9.17) is 0 Å². The second-order valence-electron chi connectivity index (χ2n) is 3.23. The van der Waals surface area contributed by atoms with Crippen LogP contribution in [-0.4, -0.2) is 25.7 Å². The van der Waals surface area contributed by atoms with Gasteiger partial charge < -0.3 is 0 Å². The van der Waals surface area contributed by atoms with Gasteiger partial charge in [0.25, 0.3) is 10.0 Å². The summed E-state index contributed by atoms with van der Waals surface area (Å²) in [7, 11) is -2.03. The van der Waals surface area contributed by atoms with Crippen LogP contribution in [0.1, 0.15) is 0 Å². The van der Waals surface area contributed by atoms with Crippen LogP contribution in [0.25, 0.3) is 0 Å². The number of aromatic nitrogens is 2. The van der Waals surface area contributed by atoms with Crippen molar-refractivity contribution in [2.24, 2.45) is 0 Å². The number of anilines is 1. The highest BCUT2D eigenvalue weighted by molar-refractivity contribution is 7.92. The fourth-order valence-corrected chi connectivity index (χ4v) is 2.41.